The number of rotatable bonds is 5. The van der Waals surface area contributed by atoms with Gasteiger partial charge in [-0.3, -0.25) is 4.79 Å². The number of amides is 1. The van der Waals surface area contributed by atoms with Crippen molar-refractivity contribution in [2.45, 2.75) is 45.6 Å². The molecule has 1 aromatic carbocycles. The van der Waals surface area contributed by atoms with E-state index in [0.717, 1.165) is 31.4 Å². The van der Waals surface area contributed by atoms with E-state index in [-0.39, 0.29) is 17.8 Å². The van der Waals surface area contributed by atoms with Gasteiger partial charge in [-0.25, -0.2) is 4.39 Å². The molecule has 0 aromatic heterocycles. The highest BCUT2D eigenvalue weighted by atomic mass is 19.1. The van der Waals surface area contributed by atoms with E-state index in [1.54, 1.807) is 12.1 Å². The van der Waals surface area contributed by atoms with Crippen molar-refractivity contribution in [1.82, 2.24) is 4.90 Å². The van der Waals surface area contributed by atoms with Gasteiger partial charge in [0.2, 0.25) is 5.91 Å². The van der Waals surface area contributed by atoms with E-state index < -0.39 is 0 Å². The van der Waals surface area contributed by atoms with Gasteiger partial charge in [0.1, 0.15) is 5.82 Å². The number of likely N-dealkylation sites (tertiary alicyclic amines) is 1. The minimum Gasteiger partial charge on any atom is -0.335 e. The average molecular weight is 263 g/mol. The lowest BCUT2D eigenvalue weighted by atomic mass is 9.92. The molecule has 3 heteroatoms. The molecule has 2 rings (SSSR count). The Hall–Kier alpha value is -1.38. The van der Waals surface area contributed by atoms with Crippen molar-refractivity contribution < 1.29 is 9.18 Å². The third-order valence-electron chi connectivity index (χ3n) is 4.21. The number of hydrogen-bond donors (Lipinski definition) is 0. The summed E-state index contributed by atoms with van der Waals surface area (Å²) in [5.41, 5.74) is 1.05. The van der Waals surface area contributed by atoms with Crippen molar-refractivity contribution in [1.29, 1.82) is 0 Å². The molecule has 1 unspecified atom stereocenters. The number of nitrogens with zero attached hydrogens (tertiary/aromatic N) is 1. The monoisotopic (exact) mass is 263 g/mol. The lowest BCUT2D eigenvalue weighted by Crippen LogP contribution is -2.45. The molecule has 0 saturated carbocycles. The molecule has 1 heterocycles. The van der Waals surface area contributed by atoms with E-state index in [9.17, 15) is 9.18 Å². The number of halogens is 1. The summed E-state index contributed by atoms with van der Waals surface area (Å²) in [5, 5.41) is 0. The predicted octanol–water partition coefficient (Wildman–Crippen LogP) is 3.93. The Bertz CT molecular complexity index is 425. The van der Waals surface area contributed by atoms with Gasteiger partial charge in [0, 0.05) is 13.0 Å². The highest BCUT2D eigenvalue weighted by molar-refractivity contribution is 5.77. The molecular formula is C16H22FNO. The van der Waals surface area contributed by atoms with Crippen molar-refractivity contribution >= 4 is 5.91 Å². The molecular weight excluding hydrogens is 241 g/mol. The van der Waals surface area contributed by atoms with E-state index >= 15 is 0 Å². The molecule has 1 amide bonds. The molecule has 2 nitrogen and oxygen atoms in total. The summed E-state index contributed by atoms with van der Waals surface area (Å²) < 4.78 is 12.9. The maximum Gasteiger partial charge on any atom is 0.223 e. The molecule has 1 saturated heterocycles. The smallest absolute Gasteiger partial charge is 0.223 e. The number of hydrogen-bond acceptors (Lipinski definition) is 1. The first-order valence-corrected chi connectivity index (χ1v) is 7.20. The SMILES string of the molecule is CCC(CC)CC(=O)N1CCC1c1ccc(F)cc1. The molecule has 0 N–H and O–H groups in total. The third-order valence-corrected chi connectivity index (χ3v) is 4.21. The molecule has 1 atom stereocenters. The molecule has 0 bridgehead atoms. The summed E-state index contributed by atoms with van der Waals surface area (Å²) in [6, 6.07) is 6.67. The van der Waals surface area contributed by atoms with Crippen LogP contribution >= 0.6 is 0 Å². The maximum atomic E-state index is 12.9. The maximum absolute atomic E-state index is 12.9. The zero-order valence-corrected chi connectivity index (χ0v) is 11.7. The molecule has 19 heavy (non-hydrogen) atoms. The number of carbonyl (C=O) groups excluding carboxylic acids is 1. The Balaban J connectivity index is 1.98. The summed E-state index contributed by atoms with van der Waals surface area (Å²) in [6.45, 7) is 5.10. The first-order valence-electron chi connectivity index (χ1n) is 7.20. The standard InChI is InChI=1S/C16H22FNO/c1-3-12(4-2)11-16(19)18-10-9-15(18)13-5-7-14(17)8-6-13/h5-8,12,15H,3-4,9-11H2,1-2H3. The molecule has 1 aliphatic heterocycles. The van der Waals surface area contributed by atoms with Gasteiger partial charge in [-0.2, -0.15) is 0 Å². The van der Waals surface area contributed by atoms with E-state index in [4.69, 9.17) is 0 Å². The summed E-state index contributed by atoms with van der Waals surface area (Å²) in [5.74, 6) is 0.509. The topological polar surface area (TPSA) is 20.3 Å². The molecule has 1 fully saturated rings. The molecule has 104 valence electrons. The van der Waals surface area contributed by atoms with Crippen LogP contribution in [0.1, 0.15) is 51.1 Å². The Kier molecular flexibility index (Phi) is 4.56. The van der Waals surface area contributed by atoms with Crippen LogP contribution in [0.25, 0.3) is 0 Å². The van der Waals surface area contributed by atoms with Gasteiger partial charge in [0.15, 0.2) is 0 Å². The first kappa shape index (κ1) is 14.0. The van der Waals surface area contributed by atoms with Gasteiger partial charge in [0.05, 0.1) is 6.04 Å². The highest BCUT2D eigenvalue weighted by Gasteiger charge is 2.33. The Morgan fingerprint density at radius 3 is 2.42 bits per heavy atom. The molecule has 0 spiro atoms. The lowest BCUT2D eigenvalue weighted by Gasteiger charge is -2.42. The van der Waals surface area contributed by atoms with E-state index in [1.165, 1.54) is 12.1 Å². The van der Waals surface area contributed by atoms with Crippen LogP contribution in [0.15, 0.2) is 24.3 Å². The molecule has 0 radical (unpaired) electrons. The minimum absolute atomic E-state index is 0.155. The fraction of sp³-hybridized carbons (Fsp3) is 0.562. The third kappa shape index (κ3) is 3.14. The second-order valence-electron chi connectivity index (χ2n) is 5.33. The van der Waals surface area contributed by atoms with Gasteiger partial charge in [-0.1, -0.05) is 38.8 Å². The van der Waals surface area contributed by atoms with Crippen LogP contribution < -0.4 is 0 Å². The van der Waals surface area contributed by atoms with Gasteiger partial charge in [-0.05, 0) is 30.0 Å². The van der Waals surface area contributed by atoms with Crippen LogP contribution in [0.3, 0.4) is 0 Å². The van der Waals surface area contributed by atoms with Gasteiger partial charge in [-0.15, -0.1) is 0 Å². The second-order valence-corrected chi connectivity index (χ2v) is 5.33. The van der Waals surface area contributed by atoms with Crippen molar-refractivity contribution in [3.63, 3.8) is 0 Å². The summed E-state index contributed by atoms with van der Waals surface area (Å²) >= 11 is 0. The minimum atomic E-state index is -0.224. The van der Waals surface area contributed by atoms with Crippen LogP contribution in [0, 0.1) is 11.7 Å². The van der Waals surface area contributed by atoms with Crippen molar-refractivity contribution in [2.75, 3.05) is 6.54 Å². The largest absolute Gasteiger partial charge is 0.335 e. The zero-order valence-electron chi connectivity index (χ0n) is 11.7. The summed E-state index contributed by atoms with van der Waals surface area (Å²) in [7, 11) is 0. The zero-order chi connectivity index (χ0) is 13.8. The van der Waals surface area contributed by atoms with Crippen molar-refractivity contribution in [3.05, 3.63) is 35.6 Å². The normalized spacial score (nSPS) is 18.5. The highest BCUT2D eigenvalue weighted by Crippen LogP contribution is 2.34. The molecule has 1 aromatic rings. The Morgan fingerprint density at radius 2 is 1.95 bits per heavy atom. The average Bonchev–Trinajstić information content (AvgIpc) is 2.37. The first-order chi connectivity index (χ1) is 9.15. The van der Waals surface area contributed by atoms with E-state index in [2.05, 4.69) is 13.8 Å². The lowest BCUT2D eigenvalue weighted by molar-refractivity contribution is -0.140. The summed E-state index contributed by atoms with van der Waals surface area (Å²) in [6.07, 6.45) is 3.74. The van der Waals surface area contributed by atoms with Crippen LogP contribution in [0.2, 0.25) is 0 Å². The Morgan fingerprint density at radius 1 is 1.32 bits per heavy atom. The van der Waals surface area contributed by atoms with Crippen molar-refractivity contribution in [3.8, 4) is 0 Å². The van der Waals surface area contributed by atoms with Crippen molar-refractivity contribution in [2.24, 2.45) is 5.92 Å². The fourth-order valence-corrected chi connectivity index (χ4v) is 2.66. The van der Waals surface area contributed by atoms with Crippen LogP contribution in [-0.4, -0.2) is 17.4 Å². The number of carbonyl (C=O) groups is 1. The van der Waals surface area contributed by atoms with Crippen LogP contribution in [0.5, 0.6) is 0 Å². The van der Waals surface area contributed by atoms with E-state index in [1.807, 2.05) is 4.90 Å². The second kappa shape index (κ2) is 6.18. The molecule has 1 aliphatic rings. The van der Waals surface area contributed by atoms with Gasteiger partial charge in [0.25, 0.3) is 0 Å². The molecule has 0 aliphatic carbocycles. The quantitative estimate of drug-likeness (QED) is 0.788. The van der Waals surface area contributed by atoms with Crippen LogP contribution in [0.4, 0.5) is 4.39 Å². The van der Waals surface area contributed by atoms with Crippen LogP contribution in [-0.2, 0) is 4.79 Å². The summed E-state index contributed by atoms with van der Waals surface area (Å²) in [4.78, 5) is 14.2. The van der Waals surface area contributed by atoms with Gasteiger partial charge < -0.3 is 4.90 Å². The fourth-order valence-electron chi connectivity index (χ4n) is 2.66. The number of benzene rings is 1. The van der Waals surface area contributed by atoms with Gasteiger partial charge >= 0.3 is 0 Å². The predicted molar refractivity (Wildman–Crippen MR) is 74.2 cm³/mol. The Labute approximate surface area is 114 Å². The van der Waals surface area contributed by atoms with E-state index in [0.29, 0.717) is 12.3 Å².